The summed E-state index contributed by atoms with van der Waals surface area (Å²) < 4.78 is 10.00. The van der Waals surface area contributed by atoms with Gasteiger partial charge in [0.1, 0.15) is 0 Å². The Bertz CT molecular complexity index is 242. The van der Waals surface area contributed by atoms with Crippen LogP contribution in [0.25, 0.3) is 10.4 Å². The molecule has 0 bridgehead atoms. The summed E-state index contributed by atoms with van der Waals surface area (Å²) in [5, 5.41) is 6.13. The molecule has 0 unspecified atom stereocenters. The van der Waals surface area contributed by atoms with Crippen molar-refractivity contribution in [2.24, 2.45) is 5.11 Å². The third-order valence-electron chi connectivity index (χ3n) is 1.98. The lowest BCUT2D eigenvalue weighted by Crippen LogP contribution is -2.27. The summed E-state index contributed by atoms with van der Waals surface area (Å²) in [6.07, 6.45) is 1.93. The molecule has 0 aromatic heterocycles. The van der Waals surface area contributed by atoms with E-state index in [4.69, 9.17) is 15.0 Å². The van der Waals surface area contributed by atoms with E-state index in [0.717, 1.165) is 12.8 Å². The first kappa shape index (κ1) is 15.7. The molecule has 0 rings (SSSR count). The van der Waals surface area contributed by atoms with Crippen LogP contribution in [0.4, 0.5) is 0 Å². The molecule has 1 amide bonds. The molecule has 0 spiro atoms. The van der Waals surface area contributed by atoms with Gasteiger partial charge in [-0.05, 0) is 18.4 Å². The maximum Gasteiger partial charge on any atom is 0.220 e. The van der Waals surface area contributed by atoms with E-state index in [9.17, 15) is 4.79 Å². The van der Waals surface area contributed by atoms with E-state index in [0.29, 0.717) is 39.3 Å². The number of nitrogens with zero attached hydrogens (tertiary/aromatic N) is 3. The summed E-state index contributed by atoms with van der Waals surface area (Å²) in [7, 11) is 1.61. The molecular weight excluding hydrogens is 224 g/mol. The van der Waals surface area contributed by atoms with E-state index in [1.807, 2.05) is 0 Å². The first-order chi connectivity index (χ1) is 8.31. The van der Waals surface area contributed by atoms with Crippen molar-refractivity contribution >= 4 is 5.91 Å². The Morgan fingerprint density at radius 2 is 2.18 bits per heavy atom. The number of hydrogen-bond donors (Lipinski definition) is 1. The number of unbranched alkanes of at least 4 members (excludes halogenated alkanes) is 1. The van der Waals surface area contributed by atoms with Crippen molar-refractivity contribution in [1.29, 1.82) is 0 Å². The molecule has 1 N–H and O–H groups in total. The quantitative estimate of drug-likeness (QED) is 0.256. The van der Waals surface area contributed by atoms with Gasteiger partial charge in [0, 0.05) is 31.5 Å². The van der Waals surface area contributed by atoms with Crippen molar-refractivity contribution < 1.29 is 14.3 Å². The van der Waals surface area contributed by atoms with Gasteiger partial charge >= 0.3 is 0 Å². The second-order valence-electron chi connectivity index (χ2n) is 3.37. The summed E-state index contributed by atoms with van der Waals surface area (Å²) in [6, 6.07) is 0. The maximum atomic E-state index is 11.3. The minimum absolute atomic E-state index is 0.00118. The Hall–Kier alpha value is -1.30. The van der Waals surface area contributed by atoms with Gasteiger partial charge in [-0.3, -0.25) is 4.79 Å². The third kappa shape index (κ3) is 12.6. The van der Waals surface area contributed by atoms with Crippen LogP contribution in [0.15, 0.2) is 5.11 Å². The third-order valence-corrected chi connectivity index (χ3v) is 1.98. The minimum Gasteiger partial charge on any atom is -0.382 e. The molecular formula is C10H20N4O3. The van der Waals surface area contributed by atoms with E-state index in [-0.39, 0.29) is 5.91 Å². The topological polar surface area (TPSA) is 96.3 Å². The van der Waals surface area contributed by atoms with Crippen LogP contribution in [0.2, 0.25) is 0 Å². The zero-order chi connectivity index (χ0) is 12.8. The van der Waals surface area contributed by atoms with Crippen molar-refractivity contribution in [1.82, 2.24) is 5.32 Å². The fourth-order valence-electron chi connectivity index (χ4n) is 1.11. The average Bonchev–Trinajstić information content (AvgIpc) is 2.33. The van der Waals surface area contributed by atoms with Gasteiger partial charge in [-0.1, -0.05) is 5.11 Å². The summed E-state index contributed by atoms with van der Waals surface area (Å²) in [5.74, 6) is 0.00118. The standard InChI is InChI=1S/C10H20N4O3/c1-16-8-9-17-7-6-12-10(15)4-2-3-5-13-14-11/h2-9H2,1H3,(H,12,15). The summed E-state index contributed by atoms with van der Waals surface area (Å²) in [4.78, 5) is 13.9. The van der Waals surface area contributed by atoms with Gasteiger partial charge in [0.05, 0.1) is 19.8 Å². The fourth-order valence-corrected chi connectivity index (χ4v) is 1.11. The number of nitrogens with one attached hydrogen (secondary N) is 1. The number of azide groups is 1. The van der Waals surface area contributed by atoms with E-state index < -0.39 is 0 Å². The highest BCUT2D eigenvalue weighted by Gasteiger charge is 1.99. The van der Waals surface area contributed by atoms with E-state index in [1.165, 1.54) is 0 Å². The SMILES string of the molecule is COCCOCCNC(=O)CCCCN=[N+]=[N-]. The molecule has 17 heavy (non-hydrogen) atoms. The number of carbonyl (C=O) groups is 1. The van der Waals surface area contributed by atoms with E-state index >= 15 is 0 Å². The second-order valence-corrected chi connectivity index (χ2v) is 3.37. The van der Waals surface area contributed by atoms with Crippen LogP contribution >= 0.6 is 0 Å². The number of hydrogen-bond acceptors (Lipinski definition) is 4. The van der Waals surface area contributed by atoms with Crippen molar-refractivity contribution in [2.75, 3.05) is 40.0 Å². The highest BCUT2D eigenvalue weighted by atomic mass is 16.5. The predicted molar refractivity (Wildman–Crippen MR) is 63.6 cm³/mol. The van der Waals surface area contributed by atoms with Crippen LogP contribution in [-0.2, 0) is 14.3 Å². The lowest BCUT2D eigenvalue weighted by atomic mass is 10.2. The lowest BCUT2D eigenvalue weighted by Gasteiger charge is -2.05. The summed E-state index contributed by atoms with van der Waals surface area (Å²) in [6.45, 7) is 2.56. The van der Waals surface area contributed by atoms with Gasteiger partial charge in [-0.2, -0.15) is 0 Å². The molecule has 0 aliphatic heterocycles. The summed E-state index contributed by atoms with van der Waals surface area (Å²) >= 11 is 0. The molecule has 0 aromatic carbocycles. The minimum atomic E-state index is 0.00118. The van der Waals surface area contributed by atoms with Gasteiger partial charge in [-0.25, -0.2) is 0 Å². The van der Waals surface area contributed by atoms with Gasteiger partial charge in [0.15, 0.2) is 0 Å². The molecule has 7 nitrogen and oxygen atoms in total. The second kappa shape index (κ2) is 12.8. The molecule has 0 atom stereocenters. The van der Waals surface area contributed by atoms with Gasteiger partial charge in [-0.15, -0.1) is 0 Å². The zero-order valence-electron chi connectivity index (χ0n) is 10.2. The predicted octanol–water partition coefficient (Wildman–Crippen LogP) is 1.25. The van der Waals surface area contributed by atoms with Crippen LogP contribution in [-0.4, -0.2) is 45.9 Å². The van der Waals surface area contributed by atoms with Gasteiger partial charge in [0.25, 0.3) is 0 Å². The molecule has 0 aliphatic rings. The largest absolute Gasteiger partial charge is 0.382 e. The highest BCUT2D eigenvalue weighted by molar-refractivity contribution is 5.75. The molecule has 0 aliphatic carbocycles. The van der Waals surface area contributed by atoms with Crippen LogP contribution in [0.5, 0.6) is 0 Å². The molecule has 0 fully saturated rings. The monoisotopic (exact) mass is 244 g/mol. The number of amides is 1. The Morgan fingerprint density at radius 3 is 2.88 bits per heavy atom. The lowest BCUT2D eigenvalue weighted by molar-refractivity contribution is -0.121. The van der Waals surface area contributed by atoms with Crippen molar-refractivity contribution in [3.8, 4) is 0 Å². The van der Waals surface area contributed by atoms with E-state index in [1.54, 1.807) is 7.11 Å². The van der Waals surface area contributed by atoms with Crippen molar-refractivity contribution in [3.05, 3.63) is 10.4 Å². The van der Waals surface area contributed by atoms with Gasteiger partial charge < -0.3 is 14.8 Å². The molecule has 0 radical (unpaired) electrons. The van der Waals surface area contributed by atoms with Gasteiger partial charge in [0.2, 0.25) is 5.91 Å². The number of methoxy groups -OCH3 is 1. The number of ether oxygens (including phenoxy) is 2. The number of rotatable bonds is 11. The van der Waals surface area contributed by atoms with Crippen LogP contribution in [0, 0.1) is 0 Å². The Morgan fingerprint density at radius 1 is 1.35 bits per heavy atom. The van der Waals surface area contributed by atoms with Crippen LogP contribution in [0.3, 0.4) is 0 Å². The number of carbonyl (C=O) groups excluding carboxylic acids is 1. The molecule has 0 heterocycles. The Kier molecular flexibility index (Phi) is 11.8. The fraction of sp³-hybridized carbons (Fsp3) is 0.900. The zero-order valence-corrected chi connectivity index (χ0v) is 10.2. The molecule has 0 saturated heterocycles. The highest BCUT2D eigenvalue weighted by Crippen LogP contribution is 1.95. The van der Waals surface area contributed by atoms with Crippen molar-refractivity contribution in [2.45, 2.75) is 19.3 Å². The van der Waals surface area contributed by atoms with Crippen molar-refractivity contribution in [3.63, 3.8) is 0 Å². The first-order valence-electron chi connectivity index (χ1n) is 5.65. The molecule has 7 heteroatoms. The Labute approximate surface area is 101 Å². The maximum absolute atomic E-state index is 11.3. The molecule has 0 saturated carbocycles. The molecule has 0 aromatic rings. The normalized spacial score (nSPS) is 9.71. The Balaban J connectivity index is 3.20. The first-order valence-corrected chi connectivity index (χ1v) is 5.65. The van der Waals surface area contributed by atoms with E-state index in [2.05, 4.69) is 15.3 Å². The molecule has 98 valence electrons. The average molecular weight is 244 g/mol. The van der Waals surface area contributed by atoms with Crippen LogP contribution < -0.4 is 5.32 Å². The smallest absolute Gasteiger partial charge is 0.220 e. The van der Waals surface area contributed by atoms with Crippen LogP contribution in [0.1, 0.15) is 19.3 Å². The summed E-state index contributed by atoms with van der Waals surface area (Å²) in [5.41, 5.74) is 8.04.